The van der Waals surface area contributed by atoms with Crippen molar-refractivity contribution >= 4 is 22.9 Å². The molecule has 3 N–H and O–H groups in total. The number of hydrogen-bond acceptors (Lipinski definition) is 5. The lowest BCUT2D eigenvalue weighted by Crippen LogP contribution is -2.30. The van der Waals surface area contributed by atoms with E-state index in [1.807, 2.05) is 6.07 Å². The van der Waals surface area contributed by atoms with E-state index in [1.165, 1.54) is 29.3 Å². The number of benzene rings is 2. The number of carbonyl (C=O) groups is 1. The van der Waals surface area contributed by atoms with Crippen molar-refractivity contribution in [3.05, 3.63) is 75.8 Å². The second-order valence-corrected chi connectivity index (χ2v) is 7.14. The third kappa shape index (κ3) is 5.65. The van der Waals surface area contributed by atoms with E-state index in [1.54, 1.807) is 0 Å². The van der Waals surface area contributed by atoms with Crippen LogP contribution in [-0.4, -0.2) is 41.9 Å². The number of non-ortho nitro benzene ring substituents is 1. The molecule has 0 spiro atoms. The first-order chi connectivity index (χ1) is 14.0. The highest BCUT2D eigenvalue weighted by molar-refractivity contribution is 5.99. The summed E-state index contributed by atoms with van der Waals surface area (Å²) in [7, 11) is 0. The molecule has 0 bridgehead atoms. The fourth-order valence-corrected chi connectivity index (χ4v) is 3.44. The molecule has 1 aliphatic rings. The van der Waals surface area contributed by atoms with Gasteiger partial charge in [0.2, 0.25) is 0 Å². The van der Waals surface area contributed by atoms with Crippen molar-refractivity contribution in [2.45, 2.75) is 19.3 Å². The van der Waals surface area contributed by atoms with Gasteiger partial charge in [-0.15, -0.1) is 0 Å². The third-order valence-corrected chi connectivity index (χ3v) is 5.12. The third-order valence-electron chi connectivity index (χ3n) is 5.12. The first-order valence-corrected chi connectivity index (χ1v) is 9.83. The molecule has 152 valence electrons. The highest BCUT2D eigenvalue weighted by Gasteiger charge is 2.15. The van der Waals surface area contributed by atoms with Crippen LogP contribution in [-0.2, 0) is 0 Å². The number of nitrogens with one attached hydrogen (secondary N) is 1. The van der Waals surface area contributed by atoms with Crippen LogP contribution in [0.25, 0.3) is 5.57 Å². The van der Waals surface area contributed by atoms with Crippen LogP contribution in [0.5, 0.6) is 0 Å². The topological polar surface area (TPSA) is 101 Å². The molecule has 7 heteroatoms. The molecule has 0 radical (unpaired) electrons. The van der Waals surface area contributed by atoms with Gasteiger partial charge in [0.05, 0.1) is 10.5 Å². The Balaban J connectivity index is 1.38. The van der Waals surface area contributed by atoms with Crippen LogP contribution < -0.4 is 11.1 Å². The minimum absolute atomic E-state index is 0.141. The molecule has 7 nitrogen and oxygen atoms in total. The average Bonchev–Trinajstić information content (AvgIpc) is 2.74. The number of anilines is 1. The summed E-state index contributed by atoms with van der Waals surface area (Å²) in [4.78, 5) is 25.0. The van der Waals surface area contributed by atoms with Crippen molar-refractivity contribution in [3.8, 4) is 0 Å². The van der Waals surface area contributed by atoms with Gasteiger partial charge in [-0.2, -0.15) is 0 Å². The maximum atomic E-state index is 12.2. The molecule has 0 fully saturated rings. The van der Waals surface area contributed by atoms with E-state index in [4.69, 9.17) is 5.73 Å². The van der Waals surface area contributed by atoms with E-state index in [0.29, 0.717) is 6.54 Å². The lowest BCUT2D eigenvalue weighted by molar-refractivity contribution is -0.384. The highest BCUT2D eigenvalue weighted by atomic mass is 16.6. The smallest absolute Gasteiger partial charge is 0.270 e. The molecule has 1 amide bonds. The van der Waals surface area contributed by atoms with Gasteiger partial charge in [0.1, 0.15) is 0 Å². The van der Waals surface area contributed by atoms with E-state index in [0.717, 1.165) is 38.9 Å². The Morgan fingerprint density at radius 1 is 1.17 bits per heavy atom. The standard InChI is InChI=1S/C22H26N4O3/c23-21-9-8-19(26(28)29)16-20(21)22(27)24-12-4-5-13-25-14-10-18(11-15-25)17-6-2-1-3-7-17/h1-3,6-10,16H,4-5,11-15,23H2,(H,24,27). The van der Waals surface area contributed by atoms with Gasteiger partial charge in [0, 0.05) is 37.5 Å². The lowest BCUT2D eigenvalue weighted by Gasteiger charge is -2.26. The SMILES string of the molecule is Nc1ccc([N+](=O)[O-])cc1C(=O)NCCCCN1CC=C(c2ccccc2)CC1. The Morgan fingerprint density at radius 2 is 1.97 bits per heavy atom. The molecule has 0 saturated carbocycles. The van der Waals surface area contributed by atoms with Crippen LogP contribution in [0.4, 0.5) is 11.4 Å². The normalized spacial score (nSPS) is 14.3. The van der Waals surface area contributed by atoms with Crippen molar-refractivity contribution in [1.82, 2.24) is 10.2 Å². The van der Waals surface area contributed by atoms with Gasteiger partial charge in [0.25, 0.3) is 11.6 Å². The number of hydrogen-bond donors (Lipinski definition) is 2. The maximum Gasteiger partial charge on any atom is 0.270 e. The monoisotopic (exact) mass is 394 g/mol. The summed E-state index contributed by atoms with van der Waals surface area (Å²) in [5.41, 5.74) is 8.73. The molecule has 1 heterocycles. The van der Waals surface area contributed by atoms with Crippen molar-refractivity contribution in [2.75, 3.05) is 31.9 Å². The Labute approximate surface area is 170 Å². The molecular formula is C22H26N4O3. The molecule has 0 aromatic heterocycles. The molecule has 0 unspecified atom stereocenters. The van der Waals surface area contributed by atoms with Crippen LogP contribution in [0.2, 0.25) is 0 Å². The quantitative estimate of drug-likeness (QED) is 0.309. The number of nitro benzene ring substituents is 1. The number of carbonyl (C=O) groups excluding carboxylic acids is 1. The molecular weight excluding hydrogens is 368 g/mol. The molecule has 0 saturated heterocycles. The number of nitro groups is 1. The van der Waals surface area contributed by atoms with Gasteiger partial charge in [0.15, 0.2) is 0 Å². The second-order valence-electron chi connectivity index (χ2n) is 7.14. The van der Waals surface area contributed by atoms with Crippen LogP contribution in [0, 0.1) is 10.1 Å². The maximum absolute atomic E-state index is 12.2. The minimum Gasteiger partial charge on any atom is -0.398 e. The van der Waals surface area contributed by atoms with E-state index in [9.17, 15) is 14.9 Å². The zero-order chi connectivity index (χ0) is 20.6. The summed E-state index contributed by atoms with van der Waals surface area (Å²) in [6.45, 7) is 3.48. The number of nitrogen functional groups attached to an aromatic ring is 1. The fraction of sp³-hybridized carbons (Fsp3) is 0.318. The van der Waals surface area contributed by atoms with Gasteiger partial charge >= 0.3 is 0 Å². The Bertz CT molecular complexity index is 896. The van der Waals surface area contributed by atoms with Crippen LogP contribution >= 0.6 is 0 Å². The van der Waals surface area contributed by atoms with Gasteiger partial charge in [-0.25, -0.2) is 0 Å². The summed E-state index contributed by atoms with van der Waals surface area (Å²) in [5.74, 6) is -0.375. The van der Waals surface area contributed by atoms with Crippen molar-refractivity contribution < 1.29 is 9.72 Å². The first-order valence-electron chi connectivity index (χ1n) is 9.83. The molecule has 0 atom stereocenters. The molecule has 29 heavy (non-hydrogen) atoms. The second kappa shape index (κ2) is 9.84. The molecule has 1 aliphatic heterocycles. The zero-order valence-electron chi connectivity index (χ0n) is 16.3. The van der Waals surface area contributed by atoms with Crippen LogP contribution in [0.1, 0.15) is 35.2 Å². The van der Waals surface area contributed by atoms with Gasteiger partial charge < -0.3 is 11.1 Å². The average molecular weight is 394 g/mol. The Kier molecular flexibility index (Phi) is 6.97. The predicted molar refractivity (Wildman–Crippen MR) is 115 cm³/mol. The number of nitrogens with zero attached hydrogens (tertiary/aromatic N) is 2. The number of rotatable bonds is 8. The number of amides is 1. The van der Waals surface area contributed by atoms with Crippen molar-refractivity contribution in [2.24, 2.45) is 0 Å². The largest absolute Gasteiger partial charge is 0.398 e. The van der Waals surface area contributed by atoms with E-state index in [2.05, 4.69) is 40.6 Å². The molecule has 2 aromatic rings. The van der Waals surface area contributed by atoms with E-state index >= 15 is 0 Å². The summed E-state index contributed by atoms with van der Waals surface area (Å²) in [6, 6.07) is 14.4. The Morgan fingerprint density at radius 3 is 2.66 bits per heavy atom. The van der Waals surface area contributed by atoms with E-state index < -0.39 is 4.92 Å². The van der Waals surface area contributed by atoms with Crippen molar-refractivity contribution in [3.63, 3.8) is 0 Å². The first kappa shape index (κ1) is 20.5. The van der Waals surface area contributed by atoms with Gasteiger partial charge in [-0.3, -0.25) is 19.8 Å². The summed E-state index contributed by atoms with van der Waals surface area (Å²) < 4.78 is 0. The van der Waals surface area contributed by atoms with Crippen LogP contribution in [0.3, 0.4) is 0 Å². The summed E-state index contributed by atoms with van der Waals surface area (Å²) in [5, 5.41) is 13.7. The predicted octanol–water partition coefficient (Wildman–Crippen LogP) is 3.48. The van der Waals surface area contributed by atoms with E-state index in [-0.39, 0.29) is 22.8 Å². The van der Waals surface area contributed by atoms with Gasteiger partial charge in [-0.1, -0.05) is 36.4 Å². The lowest BCUT2D eigenvalue weighted by atomic mass is 9.99. The minimum atomic E-state index is -0.535. The number of unbranched alkanes of at least 4 members (excludes halogenated alkanes) is 1. The van der Waals surface area contributed by atoms with Crippen molar-refractivity contribution in [1.29, 1.82) is 0 Å². The van der Waals surface area contributed by atoms with Gasteiger partial charge in [-0.05, 0) is 43.0 Å². The highest BCUT2D eigenvalue weighted by Crippen LogP contribution is 2.22. The van der Waals surface area contributed by atoms with Crippen LogP contribution in [0.15, 0.2) is 54.6 Å². The Hall–Kier alpha value is -3.19. The molecule has 2 aromatic carbocycles. The molecule has 0 aliphatic carbocycles. The zero-order valence-corrected chi connectivity index (χ0v) is 16.3. The summed E-state index contributed by atoms with van der Waals surface area (Å²) in [6.07, 6.45) is 5.16. The molecule has 3 rings (SSSR count). The summed E-state index contributed by atoms with van der Waals surface area (Å²) >= 11 is 0. The fourth-order valence-electron chi connectivity index (χ4n) is 3.44. The number of nitrogens with two attached hydrogens (primary N) is 1.